The lowest BCUT2D eigenvalue weighted by atomic mass is 9.97. The summed E-state index contributed by atoms with van der Waals surface area (Å²) in [5, 5.41) is 6.35. The number of nitrogens with zero attached hydrogens (tertiary/aromatic N) is 4. The summed E-state index contributed by atoms with van der Waals surface area (Å²) in [6, 6.07) is 10.8. The molecule has 39 heavy (non-hydrogen) atoms. The highest BCUT2D eigenvalue weighted by Gasteiger charge is 2.36. The number of carbonyl (C=O) groups is 2. The molecule has 0 unspecified atom stereocenters. The maximum Gasteiger partial charge on any atom is 0.409 e. The Morgan fingerprint density at radius 3 is 2.23 bits per heavy atom. The molecule has 2 aromatic carbocycles. The number of piperazine rings is 1. The average Bonchev–Trinajstić information content (AvgIpc) is 3.42. The van der Waals surface area contributed by atoms with Crippen molar-refractivity contribution in [3.63, 3.8) is 0 Å². The summed E-state index contributed by atoms with van der Waals surface area (Å²) in [5.74, 6) is 2.33. The molecule has 210 valence electrons. The van der Waals surface area contributed by atoms with E-state index in [1.54, 1.807) is 51.3 Å². The van der Waals surface area contributed by atoms with Gasteiger partial charge >= 0.3 is 6.09 Å². The van der Waals surface area contributed by atoms with Gasteiger partial charge in [0.1, 0.15) is 11.5 Å². The predicted molar refractivity (Wildman–Crippen MR) is 145 cm³/mol. The van der Waals surface area contributed by atoms with Gasteiger partial charge in [-0.2, -0.15) is 5.10 Å². The Bertz CT molecular complexity index is 1210. The minimum Gasteiger partial charge on any atom is -0.497 e. The van der Waals surface area contributed by atoms with E-state index in [2.05, 4.69) is 0 Å². The first-order valence-corrected chi connectivity index (χ1v) is 12.9. The molecule has 2 aromatic rings. The van der Waals surface area contributed by atoms with Crippen molar-refractivity contribution < 1.29 is 33.3 Å². The van der Waals surface area contributed by atoms with Crippen molar-refractivity contribution in [1.29, 1.82) is 0 Å². The quantitative estimate of drug-likeness (QED) is 0.478. The van der Waals surface area contributed by atoms with Gasteiger partial charge in [0.2, 0.25) is 0 Å². The standard InChI is InChI=1S/C28H36N4O7/c1-6-39-28(34)31-13-11-30(12-14-31)18-27(33)32-23(21-9-8-20(35-2)16-25(21)37-4)17-22(29-32)19-7-10-24(36-3)26(15-19)38-5/h7-10,15-16,23H,6,11-14,17-18H2,1-5H3/t23-/m1/s1. The van der Waals surface area contributed by atoms with Crippen molar-refractivity contribution in [2.75, 3.05) is 67.8 Å². The number of rotatable bonds is 9. The highest BCUT2D eigenvalue weighted by atomic mass is 16.6. The van der Waals surface area contributed by atoms with Crippen LogP contribution in [-0.4, -0.2) is 100 Å². The van der Waals surface area contributed by atoms with E-state index in [4.69, 9.17) is 28.8 Å². The minimum absolute atomic E-state index is 0.141. The maximum absolute atomic E-state index is 13.7. The van der Waals surface area contributed by atoms with Gasteiger partial charge in [0.05, 0.1) is 53.3 Å². The van der Waals surface area contributed by atoms with E-state index in [9.17, 15) is 9.59 Å². The number of benzene rings is 2. The largest absolute Gasteiger partial charge is 0.497 e. The molecule has 2 aliphatic rings. The molecule has 2 aliphatic heterocycles. The SMILES string of the molecule is CCOC(=O)N1CCN(CC(=O)N2N=C(c3ccc(OC)c(OC)c3)C[C@@H]2c2ccc(OC)cc2OC)CC1. The van der Waals surface area contributed by atoms with Gasteiger partial charge in [-0.15, -0.1) is 0 Å². The minimum atomic E-state index is -0.373. The molecule has 0 spiro atoms. The van der Waals surface area contributed by atoms with Crippen LogP contribution in [0.4, 0.5) is 4.79 Å². The van der Waals surface area contributed by atoms with Gasteiger partial charge in [0.25, 0.3) is 5.91 Å². The topological polar surface area (TPSA) is 102 Å². The van der Waals surface area contributed by atoms with Crippen molar-refractivity contribution >= 4 is 17.7 Å². The summed E-state index contributed by atoms with van der Waals surface area (Å²) >= 11 is 0. The zero-order valence-corrected chi connectivity index (χ0v) is 23.1. The van der Waals surface area contributed by atoms with E-state index in [1.165, 1.54) is 0 Å². The van der Waals surface area contributed by atoms with Crippen molar-refractivity contribution in [3.05, 3.63) is 47.5 Å². The highest BCUT2D eigenvalue weighted by Crippen LogP contribution is 2.40. The Balaban J connectivity index is 1.59. The summed E-state index contributed by atoms with van der Waals surface area (Å²) in [6.07, 6.45) is 0.166. The maximum atomic E-state index is 13.7. The van der Waals surface area contributed by atoms with Crippen molar-refractivity contribution in [3.8, 4) is 23.0 Å². The van der Waals surface area contributed by atoms with E-state index in [-0.39, 0.29) is 24.6 Å². The van der Waals surface area contributed by atoms with E-state index in [1.807, 2.05) is 35.2 Å². The number of amides is 2. The summed E-state index contributed by atoms with van der Waals surface area (Å²) < 4.78 is 27.0. The number of carbonyl (C=O) groups excluding carboxylic acids is 2. The smallest absolute Gasteiger partial charge is 0.409 e. The van der Waals surface area contributed by atoms with Crippen molar-refractivity contribution in [1.82, 2.24) is 14.8 Å². The predicted octanol–water partition coefficient (Wildman–Crippen LogP) is 3.17. The Morgan fingerprint density at radius 2 is 1.59 bits per heavy atom. The second-order valence-corrected chi connectivity index (χ2v) is 9.14. The summed E-state index contributed by atoms with van der Waals surface area (Å²) in [4.78, 5) is 29.5. The average molecular weight is 541 g/mol. The molecule has 0 radical (unpaired) electrons. The second-order valence-electron chi connectivity index (χ2n) is 9.14. The van der Waals surface area contributed by atoms with Gasteiger partial charge in [0.15, 0.2) is 11.5 Å². The van der Waals surface area contributed by atoms with Gasteiger partial charge in [-0.1, -0.05) is 0 Å². The van der Waals surface area contributed by atoms with Crippen molar-refractivity contribution in [2.45, 2.75) is 19.4 Å². The van der Waals surface area contributed by atoms with E-state index < -0.39 is 0 Å². The summed E-state index contributed by atoms with van der Waals surface area (Å²) in [6.45, 7) is 4.44. The van der Waals surface area contributed by atoms with Crippen LogP contribution in [-0.2, 0) is 9.53 Å². The van der Waals surface area contributed by atoms with Gasteiger partial charge in [-0.05, 0) is 37.3 Å². The molecule has 2 heterocycles. The van der Waals surface area contributed by atoms with Crippen LogP contribution in [0.3, 0.4) is 0 Å². The third-order valence-corrected chi connectivity index (χ3v) is 6.94. The normalized spacial score (nSPS) is 17.5. The first-order chi connectivity index (χ1) is 18.9. The molecule has 1 atom stereocenters. The lowest BCUT2D eigenvalue weighted by Gasteiger charge is -2.34. The van der Waals surface area contributed by atoms with E-state index in [0.29, 0.717) is 62.2 Å². The molecule has 1 fully saturated rings. The molecule has 0 bridgehead atoms. The molecule has 1 saturated heterocycles. The lowest BCUT2D eigenvalue weighted by molar-refractivity contribution is -0.134. The molecule has 0 N–H and O–H groups in total. The number of hydrogen-bond donors (Lipinski definition) is 0. The van der Waals surface area contributed by atoms with Gasteiger partial charge in [-0.25, -0.2) is 9.80 Å². The van der Waals surface area contributed by atoms with E-state index in [0.717, 1.165) is 16.8 Å². The molecule has 2 amide bonds. The molecule has 11 nitrogen and oxygen atoms in total. The summed E-state index contributed by atoms with van der Waals surface area (Å²) in [5.41, 5.74) is 2.42. The summed E-state index contributed by atoms with van der Waals surface area (Å²) in [7, 11) is 6.36. The number of hydrazone groups is 1. The Kier molecular flexibility index (Phi) is 9.13. The molecular formula is C28H36N4O7. The molecule has 11 heteroatoms. The highest BCUT2D eigenvalue weighted by molar-refractivity contribution is 6.03. The molecular weight excluding hydrogens is 504 g/mol. The number of hydrogen-bond acceptors (Lipinski definition) is 9. The third kappa shape index (κ3) is 6.19. The van der Waals surface area contributed by atoms with Gasteiger partial charge in [0, 0.05) is 49.8 Å². The van der Waals surface area contributed by atoms with Crippen molar-refractivity contribution in [2.24, 2.45) is 5.10 Å². The fourth-order valence-corrected chi connectivity index (χ4v) is 4.83. The number of methoxy groups -OCH3 is 4. The Morgan fingerprint density at radius 1 is 0.872 bits per heavy atom. The van der Waals surface area contributed by atoms with Crippen LogP contribution in [0.2, 0.25) is 0 Å². The molecule has 4 rings (SSSR count). The third-order valence-electron chi connectivity index (χ3n) is 6.94. The Labute approximate surface area is 228 Å². The fourth-order valence-electron chi connectivity index (χ4n) is 4.83. The monoisotopic (exact) mass is 540 g/mol. The van der Waals surface area contributed by atoms with Gasteiger partial charge < -0.3 is 28.6 Å². The molecule has 0 saturated carbocycles. The van der Waals surface area contributed by atoms with Crippen LogP contribution in [0.15, 0.2) is 41.5 Å². The molecule has 0 aromatic heterocycles. The van der Waals surface area contributed by atoms with Crippen LogP contribution < -0.4 is 18.9 Å². The van der Waals surface area contributed by atoms with Crippen LogP contribution in [0, 0.1) is 0 Å². The second kappa shape index (κ2) is 12.7. The number of ether oxygens (including phenoxy) is 5. The zero-order valence-electron chi connectivity index (χ0n) is 23.1. The Hall–Kier alpha value is -3.99. The lowest BCUT2D eigenvalue weighted by Crippen LogP contribution is -2.51. The van der Waals surface area contributed by atoms with E-state index >= 15 is 0 Å². The first-order valence-electron chi connectivity index (χ1n) is 12.9. The first kappa shape index (κ1) is 28.0. The molecule has 0 aliphatic carbocycles. The fraction of sp³-hybridized carbons (Fsp3) is 0.464. The van der Waals surface area contributed by atoms with Gasteiger partial charge in [-0.3, -0.25) is 9.69 Å². The van der Waals surface area contributed by atoms with Crippen LogP contribution in [0.25, 0.3) is 0 Å². The van der Waals surface area contributed by atoms with Crippen LogP contribution in [0.1, 0.15) is 30.5 Å². The van der Waals surface area contributed by atoms with Crippen LogP contribution >= 0.6 is 0 Å². The zero-order chi connectivity index (χ0) is 27.9. The van der Waals surface area contributed by atoms with Crippen LogP contribution in [0.5, 0.6) is 23.0 Å².